The molecule has 0 radical (unpaired) electrons. The van der Waals surface area contributed by atoms with E-state index < -0.39 is 0 Å². The molecule has 1 aliphatic heterocycles. The smallest absolute Gasteiger partial charge is 0.228 e. The van der Waals surface area contributed by atoms with Gasteiger partial charge in [-0.2, -0.15) is 10.2 Å². The Morgan fingerprint density at radius 3 is 2.57 bits per heavy atom. The Kier molecular flexibility index (Phi) is 6.35. The summed E-state index contributed by atoms with van der Waals surface area (Å²) in [5.41, 5.74) is 4.20. The molecule has 9 nitrogen and oxygen atoms in total. The van der Waals surface area contributed by atoms with Gasteiger partial charge in [0.25, 0.3) is 0 Å². The number of benzene rings is 1. The lowest BCUT2D eigenvalue weighted by molar-refractivity contribution is 0.282. The van der Waals surface area contributed by atoms with Gasteiger partial charge in [0.15, 0.2) is 5.13 Å². The van der Waals surface area contributed by atoms with Crippen LogP contribution in [-0.4, -0.2) is 36.6 Å². The van der Waals surface area contributed by atoms with Gasteiger partial charge < -0.3 is 15.3 Å². The van der Waals surface area contributed by atoms with Crippen LogP contribution in [-0.2, 0) is 6.61 Å². The summed E-state index contributed by atoms with van der Waals surface area (Å²) in [5.74, 6) is 1.65. The van der Waals surface area contributed by atoms with E-state index in [1.165, 1.54) is 28.7 Å². The van der Waals surface area contributed by atoms with Crippen molar-refractivity contribution in [2.45, 2.75) is 39.3 Å². The Hall–Kier alpha value is -3.94. The summed E-state index contributed by atoms with van der Waals surface area (Å²) in [7, 11) is 0. The van der Waals surface area contributed by atoms with Crippen molar-refractivity contribution in [3.05, 3.63) is 70.2 Å². The van der Waals surface area contributed by atoms with Gasteiger partial charge in [-0.25, -0.2) is 19.9 Å². The number of aliphatic hydroxyl groups excluding tert-OH is 1. The van der Waals surface area contributed by atoms with Gasteiger partial charge in [-0.1, -0.05) is 41.2 Å². The van der Waals surface area contributed by atoms with E-state index in [0.717, 1.165) is 19.4 Å². The highest BCUT2D eigenvalue weighted by atomic mass is 32.1. The van der Waals surface area contributed by atoms with Crippen molar-refractivity contribution >= 4 is 28.2 Å². The number of hydrogen-bond donors (Lipinski definition) is 2. The van der Waals surface area contributed by atoms with Crippen LogP contribution in [0.1, 0.15) is 46.3 Å². The van der Waals surface area contributed by atoms with Gasteiger partial charge in [0.2, 0.25) is 5.95 Å². The first kappa shape index (κ1) is 22.8. The standard InChI is InChI=1S/C25H24N8OS/c1-15-5-7-17(8-6-15)21-4-3-9-33(21)24-30-22(18-11-27-16(2)28-12-18)20(14-34)23(31-24)32-25-29-13-19(10-26)35-25/h5-8,11-13,21,34H,3-4,9,14H2,1-2H3,(H,29,30,31,32)/t21-/m0/s1. The number of aryl methyl sites for hydroxylation is 2. The van der Waals surface area contributed by atoms with Crippen molar-refractivity contribution < 1.29 is 5.11 Å². The molecule has 4 heterocycles. The number of aliphatic hydroxyl groups is 1. The highest BCUT2D eigenvalue weighted by Crippen LogP contribution is 2.38. The van der Waals surface area contributed by atoms with Crippen LogP contribution < -0.4 is 10.2 Å². The van der Waals surface area contributed by atoms with E-state index in [1.807, 2.05) is 6.92 Å². The van der Waals surface area contributed by atoms with Gasteiger partial charge in [-0.3, -0.25) is 0 Å². The van der Waals surface area contributed by atoms with Crippen LogP contribution in [0.25, 0.3) is 11.3 Å². The molecule has 0 unspecified atom stereocenters. The Balaban J connectivity index is 1.62. The van der Waals surface area contributed by atoms with Gasteiger partial charge in [0.1, 0.15) is 22.6 Å². The average Bonchev–Trinajstić information content (AvgIpc) is 3.54. The topological polar surface area (TPSA) is 124 Å². The highest BCUT2D eigenvalue weighted by Gasteiger charge is 2.30. The molecule has 1 saturated heterocycles. The molecule has 3 aromatic heterocycles. The number of hydrogen-bond acceptors (Lipinski definition) is 10. The summed E-state index contributed by atoms with van der Waals surface area (Å²) < 4.78 is 0. The molecule has 10 heteroatoms. The lowest BCUT2D eigenvalue weighted by Gasteiger charge is -2.27. The zero-order valence-electron chi connectivity index (χ0n) is 19.4. The molecule has 2 N–H and O–H groups in total. The summed E-state index contributed by atoms with van der Waals surface area (Å²) in [6.07, 6.45) is 6.94. The number of thiazole rings is 1. The predicted octanol–water partition coefficient (Wildman–Crippen LogP) is 4.46. The zero-order chi connectivity index (χ0) is 24.4. The fraction of sp³-hybridized carbons (Fsp3) is 0.280. The molecule has 1 aromatic carbocycles. The van der Waals surface area contributed by atoms with Crippen molar-refractivity contribution in [3.8, 4) is 17.3 Å². The summed E-state index contributed by atoms with van der Waals surface area (Å²) in [6.45, 7) is 4.43. The largest absolute Gasteiger partial charge is 0.391 e. The third kappa shape index (κ3) is 4.69. The second-order valence-electron chi connectivity index (χ2n) is 8.41. The van der Waals surface area contributed by atoms with Crippen LogP contribution in [0.15, 0.2) is 42.9 Å². The van der Waals surface area contributed by atoms with E-state index in [-0.39, 0.29) is 12.6 Å². The summed E-state index contributed by atoms with van der Waals surface area (Å²) in [5, 5.41) is 23.2. The van der Waals surface area contributed by atoms with E-state index >= 15 is 0 Å². The average molecular weight is 485 g/mol. The Morgan fingerprint density at radius 2 is 1.89 bits per heavy atom. The van der Waals surface area contributed by atoms with Crippen LogP contribution >= 0.6 is 11.3 Å². The number of nitriles is 1. The Labute approximate surface area is 207 Å². The molecule has 0 aliphatic carbocycles. The van der Waals surface area contributed by atoms with E-state index in [9.17, 15) is 10.4 Å². The molecule has 1 atom stereocenters. The SMILES string of the molecule is Cc1ccc([C@@H]2CCCN2c2nc(Nc3ncc(C#N)s3)c(CO)c(-c3cnc(C)nc3)n2)cc1. The number of rotatable bonds is 6. The Morgan fingerprint density at radius 1 is 1.11 bits per heavy atom. The normalized spacial score (nSPS) is 15.3. The second kappa shape index (κ2) is 9.74. The molecular formula is C25H24N8OS. The highest BCUT2D eigenvalue weighted by molar-refractivity contribution is 7.16. The lowest BCUT2D eigenvalue weighted by Crippen LogP contribution is -2.25. The third-order valence-corrected chi connectivity index (χ3v) is 6.84. The van der Waals surface area contributed by atoms with Gasteiger partial charge in [-0.05, 0) is 32.3 Å². The van der Waals surface area contributed by atoms with Crippen LogP contribution in [0.2, 0.25) is 0 Å². The number of nitrogens with zero attached hydrogens (tertiary/aromatic N) is 7. The van der Waals surface area contributed by atoms with E-state index in [0.29, 0.717) is 44.4 Å². The van der Waals surface area contributed by atoms with Crippen molar-refractivity contribution in [1.82, 2.24) is 24.9 Å². The first-order valence-electron chi connectivity index (χ1n) is 11.3. The van der Waals surface area contributed by atoms with E-state index in [2.05, 4.69) is 62.4 Å². The minimum Gasteiger partial charge on any atom is -0.391 e. The Bertz CT molecular complexity index is 1380. The molecule has 1 fully saturated rings. The molecule has 176 valence electrons. The zero-order valence-corrected chi connectivity index (χ0v) is 20.2. The van der Waals surface area contributed by atoms with Crippen molar-refractivity contribution in [1.29, 1.82) is 5.26 Å². The molecule has 1 aliphatic rings. The maximum atomic E-state index is 10.3. The molecule has 0 spiro atoms. The van der Waals surface area contributed by atoms with Gasteiger partial charge in [-0.15, -0.1) is 0 Å². The van der Waals surface area contributed by atoms with Crippen molar-refractivity contribution in [3.63, 3.8) is 0 Å². The lowest BCUT2D eigenvalue weighted by atomic mass is 10.0. The third-order valence-electron chi connectivity index (χ3n) is 6.02. The monoisotopic (exact) mass is 484 g/mol. The quantitative estimate of drug-likeness (QED) is 0.408. The molecule has 0 amide bonds. The first-order valence-corrected chi connectivity index (χ1v) is 12.1. The summed E-state index contributed by atoms with van der Waals surface area (Å²) in [6, 6.07) is 10.8. The first-order chi connectivity index (χ1) is 17.1. The molecule has 35 heavy (non-hydrogen) atoms. The van der Waals surface area contributed by atoms with Crippen molar-refractivity contribution in [2.75, 3.05) is 16.8 Å². The maximum absolute atomic E-state index is 10.3. The minimum atomic E-state index is -0.288. The maximum Gasteiger partial charge on any atom is 0.228 e. The fourth-order valence-corrected chi connectivity index (χ4v) is 4.85. The predicted molar refractivity (Wildman–Crippen MR) is 134 cm³/mol. The number of nitrogens with one attached hydrogen (secondary N) is 1. The number of anilines is 3. The summed E-state index contributed by atoms with van der Waals surface area (Å²) >= 11 is 1.22. The molecule has 0 bridgehead atoms. The minimum absolute atomic E-state index is 0.149. The molecule has 4 aromatic rings. The fourth-order valence-electron chi connectivity index (χ4n) is 4.23. The van der Waals surface area contributed by atoms with Crippen LogP contribution in [0.4, 0.5) is 16.9 Å². The van der Waals surface area contributed by atoms with E-state index in [1.54, 1.807) is 12.4 Å². The molecule has 0 saturated carbocycles. The summed E-state index contributed by atoms with van der Waals surface area (Å²) in [4.78, 5) is 25.4. The second-order valence-corrected chi connectivity index (χ2v) is 9.44. The van der Waals surface area contributed by atoms with Gasteiger partial charge in [0.05, 0.1) is 24.5 Å². The van der Waals surface area contributed by atoms with E-state index in [4.69, 9.17) is 9.97 Å². The van der Waals surface area contributed by atoms with Gasteiger partial charge >= 0.3 is 0 Å². The van der Waals surface area contributed by atoms with Crippen molar-refractivity contribution in [2.24, 2.45) is 0 Å². The van der Waals surface area contributed by atoms with Crippen LogP contribution in [0, 0.1) is 25.2 Å². The molecule has 5 rings (SSSR count). The van der Waals surface area contributed by atoms with Crippen LogP contribution in [0.3, 0.4) is 0 Å². The van der Waals surface area contributed by atoms with Gasteiger partial charge in [0, 0.05) is 30.1 Å². The van der Waals surface area contributed by atoms with Crippen LogP contribution in [0.5, 0.6) is 0 Å². The molecular weight excluding hydrogens is 460 g/mol. The number of aromatic nitrogens is 5.